The van der Waals surface area contributed by atoms with E-state index < -0.39 is 11.7 Å². The van der Waals surface area contributed by atoms with Crippen LogP contribution in [0.3, 0.4) is 0 Å². The van der Waals surface area contributed by atoms with Crippen LogP contribution < -0.4 is 10.1 Å². The van der Waals surface area contributed by atoms with Gasteiger partial charge in [0.25, 0.3) is 11.8 Å². The number of amides is 2. The van der Waals surface area contributed by atoms with E-state index in [-0.39, 0.29) is 29.5 Å². The number of likely N-dealkylation sites (N-methyl/N-ethyl adjacent to an activating group) is 1. The van der Waals surface area contributed by atoms with Gasteiger partial charge in [0, 0.05) is 45.5 Å². The molecule has 1 fully saturated rings. The van der Waals surface area contributed by atoms with E-state index >= 15 is 0 Å². The Morgan fingerprint density at radius 1 is 1.17 bits per heavy atom. The molecule has 36 heavy (non-hydrogen) atoms. The van der Waals surface area contributed by atoms with E-state index in [9.17, 15) is 14.0 Å². The van der Waals surface area contributed by atoms with Crippen molar-refractivity contribution in [2.45, 2.75) is 38.8 Å². The first-order valence-corrected chi connectivity index (χ1v) is 12.6. The predicted octanol–water partition coefficient (Wildman–Crippen LogP) is 4.29. The van der Waals surface area contributed by atoms with Crippen molar-refractivity contribution in [3.8, 4) is 5.75 Å². The highest BCUT2D eigenvalue weighted by Gasteiger charge is 2.31. The number of carbonyl (C=O) groups is 2. The molecular weight excluding hydrogens is 461 g/mol. The van der Waals surface area contributed by atoms with Crippen molar-refractivity contribution in [2.24, 2.45) is 11.8 Å². The number of nitrogens with one attached hydrogen (secondary N) is 1. The normalized spacial score (nSPS) is 23.8. The molecule has 2 aromatic rings. The Labute approximate surface area is 212 Å². The number of nitrogens with zero attached hydrogens (tertiary/aromatic N) is 2. The first-order chi connectivity index (χ1) is 17.3. The Morgan fingerprint density at radius 2 is 1.92 bits per heavy atom. The summed E-state index contributed by atoms with van der Waals surface area (Å²) in [5.41, 5.74) is 0.666. The van der Waals surface area contributed by atoms with Crippen LogP contribution in [-0.4, -0.2) is 74.2 Å². The van der Waals surface area contributed by atoms with Crippen LogP contribution in [0.25, 0.3) is 0 Å². The van der Waals surface area contributed by atoms with Gasteiger partial charge in [-0.3, -0.25) is 14.5 Å². The zero-order chi connectivity index (χ0) is 25.8. The number of hydrogen-bond donors (Lipinski definition) is 1. The summed E-state index contributed by atoms with van der Waals surface area (Å²) in [5, 5.41) is 2.70. The number of benzene rings is 2. The SMILES string of the molecule is CO[C@H]1CN(C)C(=O)c2cc(NC(=O)c3ccccc3F)ccc2OC[C@H](C)N(CC2CC2)C[C@H]1C. The maximum atomic E-state index is 14.1. The average Bonchev–Trinajstić information content (AvgIpc) is 3.69. The van der Waals surface area contributed by atoms with E-state index in [1.807, 2.05) is 0 Å². The van der Waals surface area contributed by atoms with Gasteiger partial charge < -0.3 is 19.7 Å². The van der Waals surface area contributed by atoms with Crippen molar-refractivity contribution >= 4 is 17.5 Å². The summed E-state index contributed by atoms with van der Waals surface area (Å²) in [6, 6.07) is 10.9. The highest BCUT2D eigenvalue weighted by atomic mass is 19.1. The van der Waals surface area contributed by atoms with E-state index in [0.29, 0.717) is 30.2 Å². The number of ether oxygens (including phenoxy) is 2. The van der Waals surface area contributed by atoms with Gasteiger partial charge in [0.05, 0.1) is 17.2 Å². The van der Waals surface area contributed by atoms with E-state index in [1.165, 1.54) is 31.0 Å². The zero-order valence-corrected chi connectivity index (χ0v) is 21.5. The molecule has 1 N–H and O–H groups in total. The van der Waals surface area contributed by atoms with Crippen LogP contribution in [-0.2, 0) is 4.74 Å². The zero-order valence-electron chi connectivity index (χ0n) is 21.5. The fourth-order valence-corrected chi connectivity index (χ4v) is 4.66. The van der Waals surface area contributed by atoms with E-state index in [1.54, 1.807) is 43.3 Å². The van der Waals surface area contributed by atoms with E-state index in [4.69, 9.17) is 9.47 Å². The Bertz CT molecular complexity index is 1090. The first-order valence-electron chi connectivity index (χ1n) is 12.6. The molecule has 194 valence electrons. The first kappa shape index (κ1) is 26.1. The van der Waals surface area contributed by atoms with Crippen LogP contribution in [0, 0.1) is 17.7 Å². The maximum Gasteiger partial charge on any atom is 0.258 e. The fourth-order valence-electron chi connectivity index (χ4n) is 4.66. The van der Waals surface area contributed by atoms with Gasteiger partial charge in [-0.25, -0.2) is 4.39 Å². The predicted molar refractivity (Wildman–Crippen MR) is 137 cm³/mol. The molecule has 0 bridgehead atoms. The molecular formula is C28H36FN3O4. The lowest BCUT2D eigenvalue weighted by molar-refractivity contribution is 0.00994. The molecule has 3 atom stereocenters. The molecule has 1 aliphatic carbocycles. The van der Waals surface area contributed by atoms with Gasteiger partial charge in [-0.15, -0.1) is 0 Å². The highest BCUT2D eigenvalue weighted by molar-refractivity contribution is 6.05. The van der Waals surface area contributed by atoms with Gasteiger partial charge in [0.15, 0.2) is 0 Å². The van der Waals surface area contributed by atoms with Gasteiger partial charge in [-0.2, -0.15) is 0 Å². The molecule has 0 radical (unpaired) electrons. The molecule has 2 aliphatic rings. The molecule has 1 saturated carbocycles. The van der Waals surface area contributed by atoms with Crippen LogP contribution in [0.2, 0.25) is 0 Å². The number of methoxy groups -OCH3 is 1. The van der Waals surface area contributed by atoms with Crippen molar-refractivity contribution < 1.29 is 23.5 Å². The average molecular weight is 498 g/mol. The molecule has 0 spiro atoms. The molecule has 2 amide bonds. The van der Waals surface area contributed by atoms with Crippen molar-refractivity contribution in [1.29, 1.82) is 0 Å². The Morgan fingerprint density at radius 3 is 2.61 bits per heavy atom. The van der Waals surface area contributed by atoms with Gasteiger partial charge in [0.2, 0.25) is 0 Å². The van der Waals surface area contributed by atoms with Crippen LogP contribution in [0.4, 0.5) is 10.1 Å². The number of carbonyl (C=O) groups excluding carboxylic acids is 2. The van der Waals surface area contributed by atoms with E-state index in [0.717, 1.165) is 19.0 Å². The third-order valence-corrected chi connectivity index (χ3v) is 7.14. The van der Waals surface area contributed by atoms with Gasteiger partial charge in [-0.05, 0) is 61.9 Å². The van der Waals surface area contributed by atoms with E-state index in [2.05, 4.69) is 24.1 Å². The molecule has 0 saturated heterocycles. The van der Waals surface area contributed by atoms with Crippen LogP contribution in [0.15, 0.2) is 42.5 Å². The Kier molecular flexibility index (Phi) is 8.26. The quantitative estimate of drug-likeness (QED) is 0.667. The largest absolute Gasteiger partial charge is 0.491 e. The number of anilines is 1. The molecule has 1 aliphatic heterocycles. The Balaban J connectivity index is 1.61. The summed E-state index contributed by atoms with van der Waals surface area (Å²) in [4.78, 5) is 30.2. The van der Waals surface area contributed by atoms with Crippen LogP contribution in [0.1, 0.15) is 47.4 Å². The smallest absolute Gasteiger partial charge is 0.258 e. The summed E-state index contributed by atoms with van der Waals surface area (Å²) in [6.45, 7) is 7.08. The molecule has 0 unspecified atom stereocenters. The second kappa shape index (κ2) is 11.4. The lowest BCUT2D eigenvalue weighted by Gasteiger charge is -2.36. The third kappa shape index (κ3) is 6.23. The maximum absolute atomic E-state index is 14.1. The molecule has 8 heteroatoms. The molecule has 0 aromatic heterocycles. The van der Waals surface area contributed by atoms with Gasteiger partial charge in [0.1, 0.15) is 18.2 Å². The summed E-state index contributed by atoms with van der Waals surface area (Å²) in [6.07, 6.45) is 2.42. The summed E-state index contributed by atoms with van der Waals surface area (Å²) in [7, 11) is 3.43. The minimum Gasteiger partial charge on any atom is -0.491 e. The number of hydrogen-bond acceptors (Lipinski definition) is 5. The Hall–Kier alpha value is -2.97. The van der Waals surface area contributed by atoms with Gasteiger partial charge >= 0.3 is 0 Å². The second-order valence-corrected chi connectivity index (χ2v) is 10.1. The standard InChI is InChI=1S/C28H36FN3O4/c1-18-14-32(15-20-9-10-20)19(2)17-36-25-12-11-21(30-27(33)22-7-5-6-8-24(22)29)13-23(25)28(34)31(3)16-26(18)35-4/h5-8,11-13,18-20,26H,9-10,14-17H2,1-4H3,(H,30,33)/t18-,19+,26+/m1/s1. The molecule has 1 heterocycles. The number of fused-ring (bicyclic) bond motifs is 1. The number of rotatable bonds is 5. The minimum absolute atomic E-state index is 0.0635. The van der Waals surface area contributed by atoms with Gasteiger partial charge in [-0.1, -0.05) is 19.1 Å². The topological polar surface area (TPSA) is 71.1 Å². The van der Waals surface area contributed by atoms with Crippen molar-refractivity contribution in [1.82, 2.24) is 9.80 Å². The molecule has 4 rings (SSSR count). The van der Waals surface area contributed by atoms with Crippen molar-refractivity contribution in [3.63, 3.8) is 0 Å². The van der Waals surface area contributed by atoms with Crippen LogP contribution >= 0.6 is 0 Å². The minimum atomic E-state index is -0.607. The van der Waals surface area contributed by atoms with Crippen LogP contribution in [0.5, 0.6) is 5.75 Å². The molecule has 2 aromatic carbocycles. The number of halogens is 1. The van der Waals surface area contributed by atoms with Crippen molar-refractivity contribution in [3.05, 3.63) is 59.4 Å². The summed E-state index contributed by atoms with van der Waals surface area (Å²) in [5.74, 6) is -0.00579. The monoisotopic (exact) mass is 497 g/mol. The fraction of sp³-hybridized carbons (Fsp3) is 0.500. The lowest BCUT2D eigenvalue weighted by atomic mass is 10.0. The second-order valence-electron chi connectivity index (χ2n) is 10.1. The highest BCUT2D eigenvalue weighted by Crippen LogP contribution is 2.32. The summed E-state index contributed by atoms with van der Waals surface area (Å²) < 4.78 is 26.1. The van der Waals surface area contributed by atoms with Crippen molar-refractivity contribution in [2.75, 3.05) is 45.7 Å². The third-order valence-electron chi connectivity index (χ3n) is 7.14. The lowest BCUT2D eigenvalue weighted by Crippen LogP contribution is -2.47. The summed E-state index contributed by atoms with van der Waals surface area (Å²) >= 11 is 0. The molecule has 7 nitrogen and oxygen atoms in total.